The first kappa shape index (κ1) is 43.7. The number of amides is 1. The van der Waals surface area contributed by atoms with Crippen LogP contribution < -0.4 is 5.32 Å². The van der Waals surface area contributed by atoms with Gasteiger partial charge >= 0.3 is 23.9 Å². The Bertz CT molecular complexity index is 1530. The average Bonchev–Trinajstić information content (AvgIpc) is 3.40. The normalized spacial score (nSPS) is 16.6. The molecule has 2 heterocycles. The van der Waals surface area contributed by atoms with Crippen molar-refractivity contribution in [1.29, 1.82) is 0 Å². The van der Waals surface area contributed by atoms with E-state index in [1.54, 1.807) is 18.2 Å². The lowest BCUT2D eigenvalue weighted by molar-refractivity contribution is -0.158. The third-order valence-electron chi connectivity index (χ3n) is 7.67. The number of carbonyl (C=O) groups is 5. The number of esters is 4. The van der Waals surface area contributed by atoms with Gasteiger partial charge in [-0.1, -0.05) is 11.3 Å². The van der Waals surface area contributed by atoms with Crippen molar-refractivity contribution >= 4 is 56.5 Å². The number of rotatable bonds is 10. The molecule has 0 radical (unpaired) electrons. The van der Waals surface area contributed by atoms with Crippen molar-refractivity contribution in [2.24, 2.45) is 0 Å². The standard InChI is InChI=1S/C37H58N6O9S/c1-35(2,3)50-30(45)23-41-15-13-40(22-29(44)39-34-38-27-21-26(33(48)49-10)11-12-28(27)53-34)14-16-42(24-31(46)51-36(4,5)6)18-20-43(19-17-41)25-32(47)52-37(7,8)9/h11-12,21H,13-20,22-25H2,1-10H3,(H,38,39,44). The highest BCUT2D eigenvalue weighted by atomic mass is 32.1. The van der Waals surface area contributed by atoms with Crippen LogP contribution in [-0.2, 0) is 38.1 Å². The highest BCUT2D eigenvalue weighted by molar-refractivity contribution is 7.22. The Hall–Kier alpha value is -3.70. The van der Waals surface area contributed by atoms with E-state index in [0.29, 0.717) is 68.6 Å². The molecule has 2 aromatic rings. The van der Waals surface area contributed by atoms with Crippen LogP contribution in [0.3, 0.4) is 0 Å². The number of nitrogens with one attached hydrogen (secondary N) is 1. The number of anilines is 1. The topological polar surface area (TPSA) is 160 Å². The first-order valence-electron chi connectivity index (χ1n) is 17.9. The fraction of sp³-hybridized carbons (Fsp3) is 0.676. The van der Waals surface area contributed by atoms with E-state index in [4.69, 9.17) is 18.9 Å². The molecule has 1 N–H and O–H groups in total. The van der Waals surface area contributed by atoms with Crippen molar-refractivity contribution in [3.8, 4) is 0 Å². The highest BCUT2D eigenvalue weighted by Crippen LogP contribution is 2.27. The number of fused-ring (bicyclic) bond motifs is 1. The predicted octanol–water partition coefficient (Wildman–Crippen LogP) is 3.27. The van der Waals surface area contributed by atoms with Gasteiger partial charge in [-0.05, 0) is 80.5 Å². The summed E-state index contributed by atoms with van der Waals surface area (Å²) in [4.78, 5) is 76.7. The number of ether oxygens (including phenoxy) is 4. The number of nitrogens with zero attached hydrogens (tertiary/aromatic N) is 5. The quantitative estimate of drug-likeness (QED) is 0.278. The number of methoxy groups -OCH3 is 1. The molecule has 53 heavy (non-hydrogen) atoms. The summed E-state index contributed by atoms with van der Waals surface area (Å²) in [7, 11) is 1.31. The Kier molecular flexibility index (Phi) is 15.7. The first-order chi connectivity index (χ1) is 24.6. The molecule has 0 saturated carbocycles. The summed E-state index contributed by atoms with van der Waals surface area (Å²) in [5, 5.41) is 3.28. The summed E-state index contributed by atoms with van der Waals surface area (Å²) < 4.78 is 22.5. The van der Waals surface area contributed by atoms with Crippen LogP contribution in [0.25, 0.3) is 10.2 Å². The SMILES string of the molecule is COC(=O)c1ccc2sc(NC(=O)CN3CCN(CC(=O)OC(C)(C)C)CCN(CC(=O)OC(C)(C)C)CCN(CC(=O)OC(C)(C)C)CC3)nc2c1. The number of carbonyl (C=O) groups excluding carboxylic acids is 5. The molecule has 16 heteroatoms. The fourth-order valence-corrected chi connectivity index (χ4v) is 6.33. The second-order valence-corrected chi connectivity index (χ2v) is 17.1. The molecule has 3 rings (SSSR count). The molecule has 0 atom stereocenters. The second-order valence-electron chi connectivity index (χ2n) is 16.1. The third kappa shape index (κ3) is 16.9. The Morgan fingerprint density at radius 2 is 1.02 bits per heavy atom. The molecule has 15 nitrogen and oxygen atoms in total. The predicted molar refractivity (Wildman–Crippen MR) is 203 cm³/mol. The fourth-order valence-electron chi connectivity index (χ4n) is 5.47. The molecular weight excluding hydrogens is 705 g/mol. The zero-order valence-electron chi connectivity index (χ0n) is 33.0. The van der Waals surface area contributed by atoms with Gasteiger partial charge in [-0.3, -0.25) is 38.8 Å². The van der Waals surface area contributed by atoms with Crippen molar-refractivity contribution in [3.63, 3.8) is 0 Å². The summed E-state index contributed by atoms with van der Waals surface area (Å²) in [5.41, 5.74) is -1.03. The van der Waals surface area contributed by atoms with Gasteiger partial charge in [0.1, 0.15) is 16.8 Å². The molecule has 1 saturated heterocycles. The maximum absolute atomic E-state index is 13.4. The lowest BCUT2D eigenvalue weighted by Gasteiger charge is -2.34. The smallest absolute Gasteiger partial charge is 0.337 e. The van der Waals surface area contributed by atoms with Gasteiger partial charge in [0, 0.05) is 52.4 Å². The minimum Gasteiger partial charge on any atom is -0.465 e. The molecule has 0 spiro atoms. The average molecular weight is 763 g/mol. The van der Waals surface area contributed by atoms with Gasteiger partial charge < -0.3 is 24.3 Å². The van der Waals surface area contributed by atoms with E-state index >= 15 is 0 Å². The summed E-state index contributed by atoms with van der Waals surface area (Å²) in [6, 6.07) is 5.03. The van der Waals surface area contributed by atoms with Crippen molar-refractivity contribution in [1.82, 2.24) is 24.6 Å². The molecular formula is C37H58N6O9S. The Labute approximate surface area is 317 Å². The van der Waals surface area contributed by atoms with Gasteiger partial charge in [0.15, 0.2) is 5.13 Å². The summed E-state index contributed by atoms with van der Waals surface area (Å²) in [6.07, 6.45) is 0. The number of hydrogen-bond acceptors (Lipinski definition) is 15. The highest BCUT2D eigenvalue weighted by Gasteiger charge is 2.26. The molecule has 296 valence electrons. The van der Waals surface area contributed by atoms with Crippen molar-refractivity contribution in [2.75, 3.05) is 91.0 Å². The molecule has 0 bridgehead atoms. The molecule has 1 fully saturated rings. The molecule has 1 aliphatic heterocycles. The van der Waals surface area contributed by atoms with E-state index in [1.165, 1.54) is 18.4 Å². The van der Waals surface area contributed by atoms with Crippen molar-refractivity contribution < 1.29 is 42.9 Å². The first-order valence-corrected chi connectivity index (χ1v) is 18.7. The number of thiazole rings is 1. The van der Waals surface area contributed by atoms with Gasteiger partial charge in [0.2, 0.25) is 5.91 Å². The number of aromatic nitrogens is 1. The zero-order valence-corrected chi connectivity index (χ0v) is 33.9. The van der Waals surface area contributed by atoms with Crippen LogP contribution in [0.4, 0.5) is 5.13 Å². The van der Waals surface area contributed by atoms with Gasteiger partial charge in [-0.2, -0.15) is 0 Å². The maximum Gasteiger partial charge on any atom is 0.337 e. The minimum absolute atomic E-state index is 0.0225. The number of hydrogen-bond donors (Lipinski definition) is 1. The monoisotopic (exact) mass is 762 g/mol. The van der Waals surface area contributed by atoms with Crippen molar-refractivity contribution in [3.05, 3.63) is 23.8 Å². The van der Waals surface area contributed by atoms with E-state index in [2.05, 4.69) is 10.3 Å². The van der Waals surface area contributed by atoms with Crippen LogP contribution in [-0.4, -0.2) is 157 Å². The largest absolute Gasteiger partial charge is 0.465 e. The molecule has 1 aromatic carbocycles. The van der Waals surface area contributed by atoms with E-state index in [9.17, 15) is 24.0 Å². The van der Waals surface area contributed by atoms with Gasteiger partial charge in [0.05, 0.1) is 49.1 Å². The Morgan fingerprint density at radius 3 is 1.38 bits per heavy atom. The van der Waals surface area contributed by atoms with E-state index in [0.717, 1.165) is 4.70 Å². The van der Waals surface area contributed by atoms with E-state index in [-0.39, 0.29) is 50.0 Å². The van der Waals surface area contributed by atoms with Crippen LogP contribution >= 0.6 is 11.3 Å². The zero-order chi connectivity index (χ0) is 39.6. The lowest BCUT2D eigenvalue weighted by Crippen LogP contribution is -2.50. The molecule has 0 unspecified atom stereocenters. The van der Waals surface area contributed by atoms with Crippen LogP contribution in [0.1, 0.15) is 72.7 Å². The lowest BCUT2D eigenvalue weighted by atomic mass is 10.2. The Balaban J connectivity index is 1.82. The summed E-state index contributed by atoms with van der Waals surface area (Å²) >= 11 is 1.29. The Morgan fingerprint density at radius 1 is 0.642 bits per heavy atom. The molecule has 1 aromatic heterocycles. The van der Waals surface area contributed by atoms with Gasteiger partial charge in [-0.15, -0.1) is 0 Å². The minimum atomic E-state index is -0.657. The van der Waals surface area contributed by atoms with Crippen LogP contribution in [0.2, 0.25) is 0 Å². The van der Waals surface area contributed by atoms with Crippen LogP contribution in [0.15, 0.2) is 18.2 Å². The van der Waals surface area contributed by atoms with Crippen LogP contribution in [0.5, 0.6) is 0 Å². The van der Waals surface area contributed by atoms with Crippen LogP contribution in [0, 0.1) is 0 Å². The van der Waals surface area contributed by atoms with Gasteiger partial charge in [-0.25, -0.2) is 9.78 Å². The van der Waals surface area contributed by atoms with E-state index in [1.807, 2.05) is 81.9 Å². The van der Waals surface area contributed by atoms with Gasteiger partial charge in [0.25, 0.3) is 0 Å². The summed E-state index contributed by atoms with van der Waals surface area (Å²) in [5.74, 6) is -1.87. The third-order valence-corrected chi connectivity index (χ3v) is 8.62. The van der Waals surface area contributed by atoms with Crippen molar-refractivity contribution in [2.45, 2.75) is 79.1 Å². The molecule has 1 aliphatic rings. The summed E-state index contributed by atoms with van der Waals surface area (Å²) in [6.45, 7) is 19.9. The van der Waals surface area contributed by atoms with E-state index < -0.39 is 22.8 Å². The second kappa shape index (κ2) is 19.1. The maximum atomic E-state index is 13.4. The number of benzene rings is 1. The molecule has 1 amide bonds. The molecule has 0 aliphatic carbocycles.